The lowest BCUT2D eigenvalue weighted by molar-refractivity contribution is -0.124. The first-order valence-electron chi connectivity index (χ1n) is 12.2. The molecule has 6 heteroatoms. The molecule has 34 heavy (non-hydrogen) atoms. The molecule has 0 spiro atoms. The van der Waals surface area contributed by atoms with Crippen molar-refractivity contribution in [3.63, 3.8) is 0 Å². The van der Waals surface area contributed by atoms with E-state index < -0.39 is 0 Å². The normalized spacial score (nSPS) is 38.8. The molecule has 2 aromatic carbocycles. The molecule has 6 nitrogen and oxygen atoms in total. The van der Waals surface area contributed by atoms with E-state index in [2.05, 4.69) is 24.3 Å². The second-order valence-electron chi connectivity index (χ2n) is 10.7. The van der Waals surface area contributed by atoms with E-state index in [0.29, 0.717) is 22.1 Å². The Kier molecular flexibility index (Phi) is 3.39. The van der Waals surface area contributed by atoms with E-state index in [1.807, 2.05) is 12.1 Å². The number of hydrogen-bond acceptors (Lipinski definition) is 4. The highest BCUT2D eigenvalue weighted by Crippen LogP contribution is 2.55. The highest BCUT2D eigenvalue weighted by Gasteiger charge is 2.61. The summed E-state index contributed by atoms with van der Waals surface area (Å²) in [5.41, 5.74) is 1.09. The maximum atomic E-state index is 13.4. The standard InChI is InChI=1S/C28H22N2O4/c31-25-21-13-7-8-14(11-13)22(21)26(32)29(25)19-5-1-3-17-18(19)4-2-6-20(17)30-27(33)23-15-9-10-16(12-15)24(23)28(30)34/h1-10,13-16,21-24H,11-12H2/t13-,14+,15-,16+,21-,22+,23-,24+. The molecular weight excluding hydrogens is 428 g/mol. The van der Waals surface area contributed by atoms with Gasteiger partial charge < -0.3 is 0 Å². The van der Waals surface area contributed by atoms with Crippen LogP contribution in [0.25, 0.3) is 10.8 Å². The molecule has 168 valence electrons. The molecule has 2 saturated heterocycles. The van der Waals surface area contributed by atoms with Crippen LogP contribution in [-0.2, 0) is 19.2 Å². The number of nitrogens with zero attached hydrogens (tertiary/aromatic N) is 2. The smallest absolute Gasteiger partial charge is 0.238 e. The van der Waals surface area contributed by atoms with E-state index >= 15 is 0 Å². The minimum atomic E-state index is -0.273. The van der Waals surface area contributed by atoms with Gasteiger partial charge in [0.1, 0.15) is 0 Å². The lowest BCUT2D eigenvalue weighted by Gasteiger charge is -2.22. The molecule has 4 aliphatic carbocycles. The van der Waals surface area contributed by atoms with Crippen LogP contribution in [0.2, 0.25) is 0 Å². The van der Waals surface area contributed by atoms with Gasteiger partial charge in [0.2, 0.25) is 23.6 Å². The monoisotopic (exact) mass is 450 g/mol. The van der Waals surface area contributed by atoms with Gasteiger partial charge in [0.05, 0.1) is 35.0 Å². The number of rotatable bonds is 2. The van der Waals surface area contributed by atoms with Crippen LogP contribution >= 0.6 is 0 Å². The van der Waals surface area contributed by atoms with Gasteiger partial charge in [0, 0.05) is 10.8 Å². The molecule has 2 heterocycles. The van der Waals surface area contributed by atoms with Gasteiger partial charge in [-0.3, -0.25) is 19.2 Å². The molecule has 0 aromatic heterocycles. The van der Waals surface area contributed by atoms with Crippen molar-refractivity contribution in [2.75, 3.05) is 9.80 Å². The Labute approximate surface area is 195 Å². The molecule has 0 radical (unpaired) electrons. The number of amides is 4. The van der Waals surface area contributed by atoms with Crippen LogP contribution in [0.3, 0.4) is 0 Å². The number of imide groups is 2. The van der Waals surface area contributed by atoms with E-state index in [0.717, 1.165) is 12.8 Å². The van der Waals surface area contributed by atoms with Crippen LogP contribution in [0.15, 0.2) is 60.7 Å². The van der Waals surface area contributed by atoms with Crippen molar-refractivity contribution < 1.29 is 19.2 Å². The molecule has 2 saturated carbocycles. The average molecular weight is 450 g/mol. The number of allylic oxidation sites excluding steroid dienone is 4. The quantitative estimate of drug-likeness (QED) is 0.519. The van der Waals surface area contributed by atoms with Crippen LogP contribution in [0.5, 0.6) is 0 Å². The summed E-state index contributed by atoms with van der Waals surface area (Å²) in [4.78, 5) is 56.5. The third kappa shape index (κ3) is 2.04. The molecular formula is C28H22N2O4. The predicted molar refractivity (Wildman–Crippen MR) is 124 cm³/mol. The van der Waals surface area contributed by atoms with E-state index in [9.17, 15) is 19.2 Å². The number of fused-ring (bicyclic) bond motifs is 11. The average Bonchev–Trinajstić information content (AvgIpc) is 3.67. The molecule has 8 rings (SSSR count). The van der Waals surface area contributed by atoms with Crippen molar-refractivity contribution in [2.24, 2.45) is 47.3 Å². The van der Waals surface area contributed by atoms with Gasteiger partial charge in [-0.15, -0.1) is 0 Å². The second-order valence-corrected chi connectivity index (χ2v) is 10.7. The van der Waals surface area contributed by atoms with Crippen LogP contribution in [-0.4, -0.2) is 23.6 Å². The van der Waals surface area contributed by atoms with Crippen molar-refractivity contribution in [1.82, 2.24) is 0 Å². The molecule has 0 unspecified atom stereocenters. The molecule has 0 N–H and O–H groups in total. The molecule has 4 bridgehead atoms. The summed E-state index contributed by atoms with van der Waals surface area (Å²) >= 11 is 0. The van der Waals surface area contributed by atoms with Crippen LogP contribution in [0.4, 0.5) is 11.4 Å². The molecule has 4 fully saturated rings. The summed E-state index contributed by atoms with van der Waals surface area (Å²) in [6.45, 7) is 0. The summed E-state index contributed by atoms with van der Waals surface area (Å²) in [5, 5.41) is 1.42. The summed E-state index contributed by atoms with van der Waals surface area (Å²) < 4.78 is 0. The Morgan fingerprint density at radius 3 is 1.15 bits per heavy atom. The van der Waals surface area contributed by atoms with Gasteiger partial charge >= 0.3 is 0 Å². The summed E-state index contributed by atoms with van der Waals surface area (Å²) in [6.07, 6.45) is 10.1. The molecule has 6 aliphatic rings. The lowest BCUT2D eigenvalue weighted by atomic mass is 9.85. The first-order valence-corrected chi connectivity index (χ1v) is 12.2. The largest absolute Gasteiger partial charge is 0.274 e. The van der Waals surface area contributed by atoms with Crippen LogP contribution in [0.1, 0.15) is 12.8 Å². The Bertz CT molecular complexity index is 1260. The second kappa shape index (κ2) is 6.12. The minimum absolute atomic E-state index is 0.129. The fourth-order valence-corrected chi connectivity index (χ4v) is 7.95. The van der Waals surface area contributed by atoms with E-state index in [4.69, 9.17) is 0 Å². The zero-order valence-electron chi connectivity index (χ0n) is 18.3. The molecule has 8 atom stereocenters. The topological polar surface area (TPSA) is 74.8 Å². The molecule has 4 amide bonds. The lowest BCUT2D eigenvalue weighted by Crippen LogP contribution is -2.34. The number of anilines is 2. The van der Waals surface area contributed by atoms with Crippen molar-refractivity contribution >= 4 is 45.8 Å². The Hall–Kier alpha value is -3.54. The van der Waals surface area contributed by atoms with Crippen molar-refractivity contribution in [2.45, 2.75) is 12.8 Å². The highest BCUT2D eigenvalue weighted by atomic mass is 16.2. The van der Waals surface area contributed by atoms with Gasteiger partial charge in [-0.25, -0.2) is 9.80 Å². The molecule has 2 aliphatic heterocycles. The maximum Gasteiger partial charge on any atom is 0.238 e. The number of carbonyl (C=O) groups excluding carboxylic acids is 4. The Morgan fingerprint density at radius 1 is 0.500 bits per heavy atom. The number of carbonyl (C=O) groups is 4. The van der Waals surface area contributed by atoms with Crippen LogP contribution in [0, 0.1) is 47.3 Å². The van der Waals surface area contributed by atoms with Crippen molar-refractivity contribution in [3.8, 4) is 0 Å². The van der Waals surface area contributed by atoms with Crippen molar-refractivity contribution in [1.29, 1.82) is 0 Å². The third-order valence-electron chi connectivity index (χ3n) is 9.30. The van der Waals surface area contributed by atoms with Crippen molar-refractivity contribution in [3.05, 3.63) is 60.7 Å². The third-order valence-corrected chi connectivity index (χ3v) is 9.30. The summed E-state index contributed by atoms with van der Waals surface area (Å²) in [6, 6.07) is 10.9. The van der Waals surface area contributed by atoms with E-state index in [-0.39, 0.29) is 71.0 Å². The fraction of sp³-hybridized carbons (Fsp3) is 0.357. The van der Waals surface area contributed by atoms with Crippen LogP contribution < -0.4 is 9.80 Å². The first kappa shape index (κ1) is 18.8. The first-order chi connectivity index (χ1) is 16.5. The van der Waals surface area contributed by atoms with Gasteiger partial charge in [-0.05, 0) is 48.6 Å². The minimum Gasteiger partial charge on any atom is -0.274 e. The summed E-state index contributed by atoms with van der Waals surface area (Å²) in [5.74, 6) is -1.04. The fourth-order valence-electron chi connectivity index (χ4n) is 7.95. The van der Waals surface area contributed by atoms with Gasteiger partial charge in [0.25, 0.3) is 0 Å². The summed E-state index contributed by atoms with van der Waals surface area (Å²) in [7, 11) is 0. The number of benzene rings is 2. The van der Waals surface area contributed by atoms with E-state index in [1.54, 1.807) is 24.3 Å². The Morgan fingerprint density at radius 2 is 0.824 bits per heavy atom. The van der Waals surface area contributed by atoms with Gasteiger partial charge in [0.15, 0.2) is 0 Å². The van der Waals surface area contributed by atoms with E-state index in [1.165, 1.54) is 9.80 Å². The Balaban J connectivity index is 1.24. The predicted octanol–water partition coefficient (Wildman–Crippen LogP) is 3.46. The SMILES string of the molecule is O=C1[C@@H]2[C@H](C(=O)N1c1cccc3c(N4C(=O)[C@@H]5[C@H](C4=O)[C@@H]4C=C[C@H]5C4)cccc13)[C@@H]1C=C[C@H]2C1. The zero-order chi connectivity index (χ0) is 22.9. The van der Waals surface area contributed by atoms with Gasteiger partial charge in [-0.2, -0.15) is 0 Å². The van der Waals surface area contributed by atoms with Gasteiger partial charge in [-0.1, -0.05) is 48.6 Å². The zero-order valence-corrected chi connectivity index (χ0v) is 18.3. The number of hydrogen-bond donors (Lipinski definition) is 0. The molecule has 2 aromatic rings. The maximum absolute atomic E-state index is 13.4. The highest BCUT2D eigenvalue weighted by molar-refractivity contribution is 6.29.